The average molecular weight is 407 g/mol. The Morgan fingerprint density at radius 1 is 0.929 bits per heavy atom. The summed E-state index contributed by atoms with van der Waals surface area (Å²) in [5.74, 6) is 0. The Hall–Kier alpha value is -1.63. The van der Waals surface area contributed by atoms with Crippen LogP contribution in [0.4, 0.5) is 5.69 Å². The molecule has 0 aromatic heterocycles. The molecule has 0 fully saturated rings. The van der Waals surface area contributed by atoms with Crippen molar-refractivity contribution in [3.63, 3.8) is 0 Å². The predicted molar refractivity (Wildman–Crippen MR) is 118 cm³/mol. The minimum Gasteiger partial charge on any atom is -0.377 e. The maximum atomic E-state index is 12.8. The third-order valence-corrected chi connectivity index (χ3v) is 6.05. The lowest BCUT2D eigenvalue weighted by molar-refractivity contribution is -0.00473. The van der Waals surface area contributed by atoms with Gasteiger partial charge in [-0.2, -0.15) is 0 Å². The van der Waals surface area contributed by atoms with Crippen molar-refractivity contribution in [1.29, 1.82) is 0 Å². The number of unbranched alkanes of at least 4 members (excludes halogenated alkanes) is 3. The van der Waals surface area contributed by atoms with Crippen molar-refractivity contribution in [3.8, 4) is 0 Å². The number of fused-ring (bicyclic) bond motifs is 1. The van der Waals surface area contributed by atoms with Gasteiger partial charge in [-0.3, -0.25) is 0 Å². The van der Waals surface area contributed by atoms with Gasteiger partial charge in [0.05, 0.1) is 10.5 Å². The van der Waals surface area contributed by atoms with E-state index in [0.29, 0.717) is 11.4 Å². The Morgan fingerprint density at radius 3 is 2.25 bits per heavy atom. The number of hydrogen-bond acceptors (Lipinski definition) is 4. The van der Waals surface area contributed by atoms with Gasteiger partial charge in [-0.15, -0.1) is 0 Å². The predicted octanol–water partition coefficient (Wildman–Crippen LogP) is 4.56. The number of ether oxygens (including phenoxy) is 1. The van der Waals surface area contributed by atoms with Crippen molar-refractivity contribution in [2.75, 3.05) is 32.1 Å². The number of benzene rings is 2. The molecule has 0 atom stereocenters. The summed E-state index contributed by atoms with van der Waals surface area (Å²) >= 11 is 0. The first-order valence-electron chi connectivity index (χ1n) is 9.94. The molecule has 0 bridgehead atoms. The Morgan fingerprint density at radius 2 is 1.57 bits per heavy atom. The van der Waals surface area contributed by atoms with Gasteiger partial charge in [0.25, 0.3) is 0 Å². The molecule has 0 aliphatic carbocycles. The fourth-order valence-electron chi connectivity index (χ4n) is 3.13. The minimum absolute atomic E-state index is 0.0967. The second kappa shape index (κ2) is 9.72. The summed E-state index contributed by atoms with van der Waals surface area (Å²) in [6, 6.07) is 11.2. The van der Waals surface area contributed by atoms with Crippen LogP contribution in [0.2, 0.25) is 0 Å². The Balaban J connectivity index is 1.92. The van der Waals surface area contributed by atoms with Gasteiger partial charge in [0.15, 0.2) is 0 Å². The van der Waals surface area contributed by atoms with Gasteiger partial charge >= 0.3 is 0 Å². The van der Waals surface area contributed by atoms with Crippen LogP contribution < -0.4 is 9.62 Å². The summed E-state index contributed by atoms with van der Waals surface area (Å²) in [5.41, 5.74) is 0.910. The molecule has 2 aromatic carbocycles. The zero-order chi connectivity index (χ0) is 20.8. The summed E-state index contributed by atoms with van der Waals surface area (Å²) in [5, 5.41) is 1.69. The minimum atomic E-state index is -3.54. The highest BCUT2D eigenvalue weighted by Crippen LogP contribution is 2.30. The van der Waals surface area contributed by atoms with Crippen molar-refractivity contribution in [3.05, 3.63) is 36.4 Å². The molecule has 0 saturated heterocycles. The normalized spacial score (nSPS) is 12.5. The standard InChI is InChI=1S/C22H34N2O3S/c1-22(2,3)27-17-9-7-6-8-16-23-28(25,26)21-15-11-12-18-19(21)13-10-14-20(18)24(4)5/h10-15,23H,6-9,16-17H2,1-5H3. The molecule has 5 nitrogen and oxygen atoms in total. The van der Waals surface area contributed by atoms with Crippen LogP contribution in [0.25, 0.3) is 10.8 Å². The molecule has 2 aromatic rings. The first-order valence-corrected chi connectivity index (χ1v) is 11.4. The summed E-state index contributed by atoms with van der Waals surface area (Å²) in [4.78, 5) is 2.34. The molecule has 0 aliphatic heterocycles. The molecular formula is C22H34N2O3S. The van der Waals surface area contributed by atoms with Crippen LogP contribution in [0.15, 0.2) is 41.3 Å². The second-order valence-corrected chi connectivity index (χ2v) is 10.0. The van der Waals surface area contributed by atoms with Gasteiger partial charge in [-0.05, 0) is 45.7 Å². The van der Waals surface area contributed by atoms with Gasteiger partial charge < -0.3 is 9.64 Å². The first kappa shape index (κ1) is 22.7. The number of nitrogens with one attached hydrogen (secondary N) is 1. The fraction of sp³-hybridized carbons (Fsp3) is 0.545. The van der Waals surface area contributed by atoms with Crippen molar-refractivity contribution in [2.45, 2.75) is 57.0 Å². The van der Waals surface area contributed by atoms with Crippen LogP contribution in [-0.2, 0) is 14.8 Å². The summed E-state index contributed by atoms with van der Waals surface area (Å²) in [7, 11) is 0.379. The largest absolute Gasteiger partial charge is 0.377 e. The van der Waals surface area contributed by atoms with E-state index >= 15 is 0 Å². The number of nitrogens with zero attached hydrogens (tertiary/aromatic N) is 1. The molecule has 0 saturated carbocycles. The maximum Gasteiger partial charge on any atom is 0.241 e. The van der Waals surface area contributed by atoms with Crippen LogP contribution >= 0.6 is 0 Å². The van der Waals surface area contributed by atoms with Crippen LogP contribution in [0.1, 0.15) is 46.5 Å². The lowest BCUT2D eigenvalue weighted by atomic mass is 10.1. The monoisotopic (exact) mass is 406 g/mol. The highest BCUT2D eigenvalue weighted by atomic mass is 32.2. The Kier molecular flexibility index (Phi) is 7.87. The Labute approximate surface area is 170 Å². The van der Waals surface area contributed by atoms with E-state index in [-0.39, 0.29) is 5.60 Å². The lowest BCUT2D eigenvalue weighted by Crippen LogP contribution is -2.25. The van der Waals surface area contributed by atoms with E-state index < -0.39 is 10.0 Å². The summed E-state index contributed by atoms with van der Waals surface area (Å²) in [6.45, 7) is 7.36. The van der Waals surface area contributed by atoms with E-state index in [4.69, 9.17) is 4.74 Å². The third kappa shape index (κ3) is 6.47. The van der Waals surface area contributed by atoms with E-state index in [1.807, 2.05) is 43.3 Å². The number of anilines is 1. The fourth-order valence-corrected chi connectivity index (χ4v) is 4.43. The van der Waals surface area contributed by atoms with Gasteiger partial charge in [-0.1, -0.05) is 37.1 Å². The molecule has 0 aliphatic rings. The van der Waals surface area contributed by atoms with Crippen molar-refractivity contribution < 1.29 is 13.2 Å². The quantitative estimate of drug-likeness (QED) is 0.588. The molecule has 0 heterocycles. The van der Waals surface area contributed by atoms with E-state index in [2.05, 4.69) is 25.5 Å². The zero-order valence-corrected chi connectivity index (χ0v) is 18.6. The highest BCUT2D eigenvalue weighted by molar-refractivity contribution is 7.89. The lowest BCUT2D eigenvalue weighted by Gasteiger charge is -2.19. The number of sulfonamides is 1. The molecule has 28 heavy (non-hydrogen) atoms. The van der Waals surface area contributed by atoms with E-state index in [0.717, 1.165) is 48.8 Å². The topological polar surface area (TPSA) is 58.6 Å². The highest BCUT2D eigenvalue weighted by Gasteiger charge is 2.18. The van der Waals surface area contributed by atoms with Gasteiger partial charge in [-0.25, -0.2) is 13.1 Å². The molecule has 1 N–H and O–H groups in total. The zero-order valence-electron chi connectivity index (χ0n) is 17.8. The van der Waals surface area contributed by atoms with Gasteiger partial charge in [0, 0.05) is 43.7 Å². The first-order chi connectivity index (χ1) is 13.1. The van der Waals surface area contributed by atoms with Crippen LogP contribution in [0.3, 0.4) is 0 Å². The van der Waals surface area contributed by atoms with Crippen LogP contribution in [-0.4, -0.2) is 41.3 Å². The van der Waals surface area contributed by atoms with E-state index in [9.17, 15) is 8.42 Å². The molecule has 0 spiro atoms. The van der Waals surface area contributed by atoms with Crippen molar-refractivity contribution in [2.24, 2.45) is 0 Å². The van der Waals surface area contributed by atoms with Crippen LogP contribution in [0, 0.1) is 0 Å². The smallest absolute Gasteiger partial charge is 0.241 e. The van der Waals surface area contributed by atoms with Crippen molar-refractivity contribution in [1.82, 2.24) is 4.72 Å². The molecule has 156 valence electrons. The van der Waals surface area contributed by atoms with Crippen LogP contribution in [0.5, 0.6) is 0 Å². The van der Waals surface area contributed by atoms with E-state index in [1.54, 1.807) is 12.1 Å². The molecule has 0 radical (unpaired) electrons. The average Bonchev–Trinajstić information content (AvgIpc) is 2.61. The molecule has 0 unspecified atom stereocenters. The van der Waals surface area contributed by atoms with Gasteiger partial charge in [0.2, 0.25) is 10.0 Å². The Bertz CT molecular complexity index is 871. The SMILES string of the molecule is CN(C)c1cccc2c(S(=O)(=O)NCCCCCCOC(C)(C)C)cccc12. The van der Waals surface area contributed by atoms with Crippen molar-refractivity contribution >= 4 is 26.5 Å². The second-order valence-electron chi connectivity index (χ2n) is 8.30. The maximum absolute atomic E-state index is 12.8. The van der Waals surface area contributed by atoms with E-state index in [1.165, 1.54) is 0 Å². The summed E-state index contributed by atoms with van der Waals surface area (Å²) < 4.78 is 34.1. The third-order valence-electron chi connectivity index (χ3n) is 4.53. The molecule has 0 amide bonds. The summed E-state index contributed by atoms with van der Waals surface area (Å²) in [6.07, 6.45) is 3.84. The molecule has 6 heteroatoms. The molecular weight excluding hydrogens is 372 g/mol. The number of hydrogen-bond donors (Lipinski definition) is 1. The molecule has 2 rings (SSSR count). The number of rotatable bonds is 10. The van der Waals surface area contributed by atoms with Gasteiger partial charge in [0.1, 0.15) is 0 Å².